The maximum absolute atomic E-state index is 13.2. The Bertz CT molecular complexity index is 1080. The summed E-state index contributed by atoms with van der Waals surface area (Å²) in [5, 5.41) is 2.33. The minimum Gasteiger partial charge on any atom is -0.341 e. The van der Waals surface area contributed by atoms with E-state index in [1.807, 2.05) is 54.3 Å². The summed E-state index contributed by atoms with van der Waals surface area (Å²) in [4.78, 5) is 15.0. The first-order valence-electron chi connectivity index (χ1n) is 9.12. The number of carbonyl (C=O) groups is 1. The third-order valence-corrected chi connectivity index (χ3v) is 4.96. The molecular weight excluding hydrogens is 320 g/mol. The Morgan fingerprint density at radius 3 is 2.27 bits per heavy atom. The topological polar surface area (TPSA) is 25.2 Å². The molecule has 4 aromatic rings. The second kappa shape index (κ2) is 6.68. The molecule has 0 N–H and O–H groups in total. The molecule has 0 fully saturated rings. The zero-order valence-electron chi connectivity index (χ0n) is 15.1. The van der Waals surface area contributed by atoms with Gasteiger partial charge in [0, 0.05) is 46.1 Å². The maximum atomic E-state index is 13.2. The number of hydrogen-bond donors (Lipinski definition) is 0. The lowest BCUT2D eigenvalue weighted by molar-refractivity contribution is 0.0988. The predicted octanol–water partition coefficient (Wildman–Crippen LogP) is 5.48. The van der Waals surface area contributed by atoms with Crippen molar-refractivity contribution in [1.29, 1.82) is 0 Å². The van der Waals surface area contributed by atoms with Crippen molar-refractivity contribution >= 4 is 33.4 Å². The number of hydrogen-bond acceptors (Lipinski definition) is 1. The van der Waals surface area contributed by atoms with Crippen molar-refractivity contribution in [1.82, 2.24) is 4.57 Å². The summed E-state index contributed by atoms with van der Waals surface area (Å²) in [5.74, 6) is 0.0360. The molecule has 3 heteroatoms. The van der Waals surface area contributed by atoms with Gasteiger partial charge in [-0.05, 0) is 50.2 Å². The van der Waals surface area contributed by atoms with Gasteiger partial charge in [-0.1, -0.05) is 36.4 Å². The van der Waals surface area contributed by atoms with Gasteiger partial charge in [0.15, 0.2) is 0 Å². The second-order valence-electron chi connectivity index (χ2n) is 6.38. The number of aromatic nitrogens is 1. The number of anilines is 1. The van der Waals surface area contributed by atoms with E-state index in [1.54, 1.807) is 0 Å². The molecule has 1 heterocycles. The van der Waals surface area contributed by atoms with Gasteiger partial charge in [-0.25, -0.2) is 0 Å². The molecular formula is C23H22N2O. The van der Waals surface area contributed by atoms with Gasteiger partial charge in [0.2, 0.25) is 0 Å². The Balaban J connectivity index is 1.85. The van der Waals surface area contributed by atoms with E-state index in [1.165, 1.54) is 16.4 Å². The summed E-state index contributed by atoms with van der Waals surface area (Å²) >= 11 is 0. The van der Waals surface area contributed by atoms with E-state index in [0.29, 0.717) is 6.54 Å². The normalized spacial score (nSPS) is 11.2. The SMILES string of the molecule is CCN(C(=O)c1ccc2c(c1)c1ccccc1n2CC)c1ccccc1. The molecule has 0 bridgehead atoms. The Morgan fingerprint density at radius 2 is 1.54 bits per heavy atom. The molecule has 0 aliphatic heterocycles. The summed E-state index contributed by atoms with van der Waals surface area (Å²) in [5.41, 5.74) is 4.04. The van der Waals surface area contributed by atoms with Gasteiger partial charge in [0.25, 0.3) is 5.91 Å². The number of aryl methyl sites for hydroxylation is 1. The van der Waals surface area contributed by atoms with Gasteiger partial charge in [0.05, 0.1) is 0 Å². The van der Waals surface area contributed by atoms with Crippen molar-refractivity contribution in [3.8, 4) is 0 Å². The first kappa shape index (κ1) is 16.4. The van der Waals surface area contributed by atoms with Crippen LogP contribution in [0.4, 0.5) is 5.69 Å². The van der Waals surface area contributed by atoms with E-state index in [2.05, 4.69) is 41.8 Å². The fraction of sp³-hybridized carbons (Fsp3) is 0.174. The zero-order chi connectivity index (χ0) is 18.1. The lowest BCUT2D eigenvalue weighted by atomic mass is 10.1. The number of amides is 1. The quantitative estimate of drug-likeness (QED) is 0.482. The molecule has 0 saturated heterocycles. The highest BCUT2D eigenvalue weighted by atomic mass is 16.2. The monoisotopic (exact) mass is 342 g/mol. The average Bonchev–Trinajstić information content (AvgIpc) is 3.02. The summed E-state index contributed by atoms with van der Waals surface area (Å²) in [7, 11) is 0. The molecule has 0 atom stereocenters. The van der Waals surface area contributed by atoms with Crippen LogP contribution in [0.25, 0.3) is 21.8 Å². The Morgan fingerprint density at radius 1 is 0.846 bits per heavy atom. The molecule has 0 aliphatic rings. The van der Waals surface area contributed by atoms with Gasteiger partial charge >= 0.3 is 0 Å². The number of nitrogens with zero attached hydrogens (tertiary/aromatic N) is 2. The van der Waals surface area contributed by atoms with Crippen LogP contribution in [0.2, 0.25) is 0 Å². The highest BCUT2D eigenvalue weighted by Crippen LogP contribution is 2.30. The van der Waals surface area contributed by atoms with Crippen molar-refractivity contribution in [2.24, 2.45) is 0 Å². The van der Waals surface area contributed by atoms with Gasteiger partial charge in [0.1, 0.15) is 0 Å². The number of benzene rings is 3. The van der Waals surface area contributed by atoms with Crippen molar-refractivity contribution in [3.05, 3.63) is 78.4 Å². The fourth-order valence-electron chi connectivity index (χ4n) is 3.73. The zero-order valence-corrected chi connectivity index (χ0v) is 15.1. The molecule has 0 radical (unpaired) electrons. The van der Waals surface area contributed by atoms with Crippen LogP contribution in [0, 0.1) is 0 Å². The van der Waals surface area contributed by atoms with Crippen LogP contribution in [0.1, 0.15) is 24.2 Å². The highest BCUT2D eigenvalue weighted by Gasteiger charge is 2.18. The summed E-state index contributed by atoms with van der Waals surface area (Å²) in [6.07, 6.45) is 0. The Kier molecular flexibility index (Phi) is 4.21. The minimum atomic E-state index is 0.0360. The van der Waals surface area contributed by atoms with E-state index in [0.717, 1.165) is 23.2 Å². The van der Waals surface area contributed by atoms with E-state index >= 15 is 0 Å². The number of rotatable bonds is 4. The molecule has 0 unspecified atom stereocenters. The van der Waals surface area contributed by atoms with E-state index < -0.39 is 0 Å². The van der Waals surface area contributed by atoms with E-state index in [-0.39, 0.29) is 5.91 Å². The first-order chi connectivity index (χ1) is 12.7. The van der Waals surface area contributed by atoms with Crippen molar-refractivity contribution in [2.75, 3.05) is 11.4 Å². The number of fused-ring (bicyclic) bond motifs is 3. The smallest absolute Gasteiger partial charge is 0.258 e. The van der Waals surface area contributed by atoms with Crippen LogP contribution in [-0.4, -0.2) is 17.0 Å². The number of carbonyl (C=O) groups excluding carboxylic acids is 1. The van der Waals surface area contributed by atoms with Gasteiger partial charge in [-0.15, -0.1) is 0 Å². The van der Waals surface area contributed by atoms with Gasteiger partial charge in [-0.2, -0.15) is 0 Å². The standard InChI is InChI=1S/C23H22N2O/c1-3-24(18-10-6-5-7-11-18)23(26)17-14-15-22-20(16-17)19-12-8-9-13-21(19)25(22)4-2/h5-16H,3-4H2,1-2H3. The second-order valence-corrected chi connectivity index (χ2v) is 6.38. The molecule has 1 aromatic heterocycles. The van der Waals surface area contributed by atoms with Crippen molar-refractivity contribution in [2.45, 2.75) is 20.4 Å². The van der Waals surface area contributed by atoms with Crippen molar-refractivity contribution < 1.29 is 4.79 Å². The third kappa shape index (κ3) is 2.57. The Labute approximate surface area is 153 Å². The predicted molar refractivity (Wildman–Crippen MR) is 109 cm³/mol. The van der Waals surface area contributed by atoms with Crippen LogP contribution in [-0.2, 0) is 6.54 Å². The summed E-state index contributed by atoms with van der Waals surface area (Å²) in [6, 6.07) is 24.3. The molecule has 3 nitrogen and oxygen atoms in total. The van der Waals surface area contributed by atoms with Gasteiger partial charge < -0.3 is 9.47 Å². The molecule has 0 saturated carbocycles. The van der Waals surface area contributed by atoms with E-state index in [4.69, 9.17) is 0 Å². The average molecular weight is 342 g/mol. The van der Waals surface area contributed by atoms with Gasteiger partial charge in [-0.3, -0.25) is 4.79 Å². The number of para-hydroxylation sites is 2. The fourth-order valence-corrected chi connectivity index (χ4v) is 3.73. The van der Waals surface area contributed by atoms with E-state index in [9.17, 15) is 4.79 Å². The lowest BCUT2D eigenvalue weighted by Crippen LogP contribution is -2.30. The molecule has 130 valence electrons. The molecule has 0 spiro atoms. The Hall–Kier alpha value is -3.07. The third-order valence-electron chi connectivity index (χ3n) is 4.96. The molecule has 3 aromatic carbocycles. The van der Waals surface area contributed by atoms with Crippen LogP contribution < -0.4 is 4.90 Å². The lowest BCUT2D eigenvalue weighted by Gasteiger charge is -2.21. The summed E-state index contributed by atoms with van der Waals surface area (Å²) in [6.45, 7) is 5.70. The molecule has 26 heavy (non-hydrogen) atoms. The minimum absolute atomic E-state index is 0.0360. The first-order valence-corrected chi connectivity index (χ1v) is 9.12. The summed E-state index contributed by atoms with van der Waals surface area (Å²) < 4.78 is 2.30. The van der Waals surface area contributed by atoms with Crippen molar-refractivity contribution in [3.63, 3.8) is 0 Å². The van der Waals surface area contributed by atoms with Crippen LogP contribution >= 0.6 is 0 Å². The molecule has 1 amide bonds. The van der Waals surface area contributed by atoms with Crippen LogP contribution in [0.15, 0.2) is 72.8 Å². The highest BCUT2D eigenvalue weighted by molar-refractivity contribution is 6.13. The molecule has 4 rings (SSSR count). The van der Waals surface area contributed by atoms with Crippen LogP contribution in [0.5, 0.6) is 0 Å². The molecule has 0 aliphatic carbocycles. The maximum Gasteiger partial charge on any atom is 0.258 e. The largest absolute Gasteiger partial charge is 0.341 e. The van der Waals surface area contributed by atoms with Crippen LogP contribution in [0.3, 0.4) is 0 Å².